The van der Waals surface area contributed by atoms with Crippen molar-refractivity contribution in [1.29, 1.82) is 0 Å². The molecular weight excluding hydrogens is 136 g/mol. The molecule has 0 fully saturated rings. The largest absolute Gasteiger partial charge is 0.396 e. The molecule has 0 radical (unpaired) electrons. The van der Waals surface area contributed by atoms with Crippen molar-refractivity contribution in [1.82, 2.24) is 0 Å². The van der Waals surface area contributed by atoms with Crippen LogP contribution in [0.1, 0.15) is 32.6 Å². The lowest BCUT2D eigenvalue weighted by Crippen LogP contribution is -1.81. The maximum Gasteiger partial charge on any atom is 0.0431 e. The number of hydrogen-bond acceptors (Lipinski definition) is 1. The molecule has 0 bridgehead atoms. The Bertz CT molecular complexity index is 184. The summed E-state index contributed by atoms with van der Waals surface area (Å²) in [6, 6.07) is 0. The molecule has 0 heterocycles. The number of hydrogen-bond donors (Lipinski definition) is 1. The first-order valence-corrected chi connectivity index (χ1v) is 3.92. The molecule has 0 saturated heterocycles. The fourth-order valence-electron chi connectivity index (χ4n) is 0.671. The number of unbranched alkanes of at least 4 members (excludes halogenated alkanes) is 3. The number of aliphatic hydroxyl groups excluding tert-OH is 1. The standard InChI is InChI=1S/C10H14O/c1-2-3-4-5-6-7-8-9-10-11/h11H,6-10H2,1H3. The summed E-state index contributed by atoms with van der Waals surface area (Å²) < 4.78 is 0. The summed E-state index contributed by atoms with van der Waals surface area (Å²) in [6.07, 6.45) is 3.92. The molecule has 0 aliphatic carbocycles. The lowest BCUT2D eigenvalue weighted by molar-refractivity contribution is 0.283. The zero-order valence-electron chi connectivity index (χ0n) is 6.98. The molecule has 60 valence electrons. The maximum atomic E-state index is 8.45. The summed E-state index contributed by atoms with van der Waals surface area (Å²) in [5.74, 6) is 11.1. The van der Waals surface area contributed by atoms with Gasteiger partial charge in [0, 0.05) is 13.0 Å². The molecule has 0 atom stereocenters. The van der Waals surface area contributed by atoms with Gasteiger partial charge in [-0.2, -0.15) is 0 Å². The van der Waals surface area contributed by atoms with Gasteiger partial charge in [-0.15, -0.1) is 0 Å². The summed E-state index contributed by atoms with van der Waals surface area (Å²) in [5, 5.41) is 8.45. The summed E-state index contributed by atoms with van der Waals surface area (Å²) in [5.41, 5.74) is 0. The van der Waals surface area contributed by atoms with Crippen molar-refractivity contribution in [3.05, 3.63) is 0 Å². The normalized spacial score (nSPS) is 7.45. The van der Waals surface area contributed by atoms with Gasteiger partial charge in [0.25, 0.3) is 0 Å². The van der Waals surface area contributed by atoms with Crippen molar-refractivity contribution in [2.24, 2.45) is 0 Å². The Labute approximate surface area is 68.8 Å². The van der Waals surface area contributed by atoms with E-state index >= 15 is 0 Å². The van der Waals surface area contributed by atoms with Crippen LogP contribution in [0.4, 0.5) is 0 Å². The van der Waals surface area contributed by atoms with Crippen molar-refractivity contribution in [2.75, 3.05) is 6.61 Å². The lowest BCUT2D eigenvalue weighted by Gasteiger charge is -1.90. The monoisotopic (exact) mass is 150 g/mol. The van der Waals surface area contributed by atoms with Gasteiger partial charge in [-0.25, -0.2) is 0 Å². The van der Waals surface area contributed by atoms with E-state index in [1.807, 2.05) is 0 Å². The van der Waals surface area contributed by atoms with E-state index in [0.29, 0.717) is 6.61 Å². The summed E-state index contributed by atoms with van der Waals surface area (Å²) in [4.78, 5) is 0. The highest BCUT2D eigenvalue weighted by atomic mass is 16.2. The van der Waals surface area contributed by atoms with Crippen molar-refractivity contribution in [3.63, 3.8) is 0 Å². The zero-order valence-corrected chi connectivity index (χ0v) is 6.98. The van der Waals surface area contributed by atoms with E-state index in [1.54, 1.807) is 6.92 Å². The quantitative estimate of drug-likeness (QED) is 0.476. The highest BCUT2D eigenvalue weighted by Crippen LogP contribution is 1.96. The van der Waals surface area contributed by atoms with Crippen LogP contribution in [0.5, 0.6) is 0 Å². The smallest absolute Gasteiger partial charge is 0.0431 e. The minimum atomic E-state index is 0.294. The molecule has 11 heavy (non-hydrogen) atoms. The van der Waals surface area contributed by atoms with E-state index in [1.165, 1.54) is 0 Å². The van der Waals surface area contributed by atoms with Gasteiger partial charge in [0.2, 0.25) is 0 Å². The summed E-state index contributed by atoms with van der Waals surface area (Å²) >= 11 is 0. The molecule has 0 saturated carbocycles. The van der Waals surface area contributed by atoms with Crippen LogP contribution in [0.2, 0.25) is 0 Å². The summed E-state index contributed by atoms with van der Waals surface area (Å²) in [7, 11) is 0. The van der Waals surface area contributed by atoms with Crippen molar-refractivity contribution < 1.29 is 5.11 Å². The Hall–Kier alpha value is -0.920. The third-order valence-corrected chi connectivity index (χ3v) is 1.24. The van der Waals surface area contributed by atoms with Gasteiger partial charge in [0.15, 0.2) is 0 Å². The van der Waals surface area contributed by atoms with Crippen LogP contribution in [-0.2, 0) is 0 Å². The summed E-state index contributed by atoms with van der Waals surface area (Å²) in [6.45, 7) is 2.07. The van der Waals surface area contributed by atoms with Gasteiger partial charge in [-0.05, 0) is 31.6 Å². The number of aliphatic hydroxyl groups is 1. The van der Waals surface area contributed by atoms with Gasteiger partial charge in [-0.3, -0.25) is 0 Å². The molecule has 0 spiro atoms. The minimum Gasteiger partial charge on any atom is -0.396 e. The van der Waals surface area contributed by atoms with E-state index in [2.05, 4.69) is 23.7 Å². The van der Waals surface area contributed by atoms with Crippen LogP contribution in [0, 0.1) is 23.7 Å². The van der Waals surface area contributed by atoms with E-state index in [4.69, 9.17) is 5.11 Å². The lowest BCUT2D eigenvalue weighted by atomic mass is 10.2. The van der Waals surface area contributed by atoms with Crippen LogP contribution >= 0.6 is 0 Å². The molecule has 1 heteroatoms. The molecule has 0 amide bonds. The fourth-order valence-corrected chi connectivity index (χ4v) is 0.671. The van der Waals surface area contributed by atoms with Gasteiger partial charge in [0.05, 0.1) is 0 Å². The Kier molecular flexibility index (Phi) is 8.32. The van der Waals surface area contributed by atoms with E-state index < -0.39 is 0 Å². The molecule has 0 aliphatic rings. The van der Waals surface area contributed by atoms with Crippen LogP contribution < -0.4 is 0 Å². The second-order valence-corrected chi connectivity index (χ2v) is 2.21. The average molecular weight is 150 g/mol. The Morgan fingerprint density at radius 3 is 2.55 bits per heavy atom. The van der Waals surface area contributed by atoms with E-state index in [-0.39, 0.29) is 0 Å². The SMILES string of the molecule is CC#CC#CCCCCCO. The molecule has 0 aromatic carbocycles. The van der Waals surface area contributed by atoms with Crippen LogP contribution in [0.15, 0.2) is 0 Å². The molecule has 0 aromatic rings. The average Bonchev–Trinajstić information content (AvgIpc) is 2.03. The molecular formula is C10H14O. The molecule has 0 rings (SSSR count). The third kappa shape index (κ3) is 9.08. The Morgan fingerprint density at radius 2 is 1.91 bits per heavy atom. The highest BCUT2D eigenvalue weighted by Gasteiger charge is 1.83. The molecule has 0 aromatic heterocycles. The first-order valence-electron chi connectivity index (χ1n) is 3.92. The van der Waals surface area contributed by atoms with Crippen LogP contribution in [-0.4, -0.2) is 11.7 Å². The van der Waals surface area contributed by atoms with Crippen molar-refractivity contribution in [2.45, 2.75) is 32.6 Å². The number of rotatable bonds is 4. The van der Waals surface area contributed by atoms with Gasteiger partial charge in [-0.1, -0.05) is 18.3 Å². The van der Waals surface area contributed by atoms with Crippen LogP contribution in [0.25, 0.3) is 0 Å². The molecule has 0 unspecified atom stereocenters. The zero-order chi connectivity index (χ0) is 8.36. The predicted octanol–water partition coefficient (Wildman–Crippen LogP) is 1.57. The molecule has 1 N–H and O–H groups in total. The highest BCUT2D eigenvalue weighted by molar-refractivity contribution is 5.24. The second kappa shape index (κ2) is 9.08. The Balaban J connectivity index is 3.13. The van der Waals surface area contributed by atoms with E-state index in [0.717, 1.165) is 25.7 Å². The van der Waals surface area contributed by atoms with Gasteiger partial charge < -0.3 is 5.11 Å². The fraction of sp³-hybridized carbons (Fsp3) is 0.600. The van der Waals surface area contributed by atoms with E-state index in [9.17, 15) is 0 Å². The first-order chi connectivity index (χ1) is 5.41. The molecule has 1 nitrogen and oxygen atoms in total. The first kappa shape index (κ1) is 10.1. The van der Waals surface area contributed by atoms with Crippen LogP contribution in [0.3, 0.4) is 0 Å². The minimum absolute atomic E-state index is 0.294. The second-order valence-electron chi connectivity index (χ2n) is 2.21. The maximum absolute atomic E-state index is 8.45. The van der Waals surface area contributed by atoms with Gasteiger partial charge in [0.1, 0.15) is 0 Å². The topological polar surface area (TPSA) is 20.2 Å². The van der Waals surface area contributed by atoms with Gasteiger partial charge >= 0.3 is 0 Å². The Morgan fingerprint density at radius 1 is 1.09 bits per heavy atom. The van der Waals surface area contributed by atoms with Crippen molar-refractivity contribution in [3.8, 4) is 23.7 Å². The molecule has 0 aliphatic heterocycles. The van der Waals surface area contributed by atoms with Crippen molar-refractivity contribution >= 4 is 0 Å². The predicted molar refractivity (Wildman–Crippen MR) is 46.8 cm³/mol. The third-order valence-electron chi connectivity index (χ3n) is 1.24.